The van der Waals surface area contributed by atoms with Gasteiger partial charge in [-0.15, -0.1) is 0 Å². The van der Waals surface area contributed by atoms with E-state index in [1.54, 1.807) is 12.0 Å². The first kappa shape index (κ1) is 26.3. The Morgan fingerprint density at radius 1 is 1.03 bits per heavy atom. The smallest absolute Gasteiger partial charge is 0.275 e. The van der Waals surface area contributed by atoms with E-state index in [1.807, 2.05) is 48.5 Å². The number of amides is 2. The zero-order chi connectivity index (χ0) is 26.2. The van der Waals surface area contributed by atoms with Crippen LogP contribution in [0.25, 0.3) is 0 Å². The topological polar surface area (TPSA) is 84.4 Å². The molecule has 1 N–H and O–H groups in total. The van der Waals surface area contributed by atoms with Crippen LogP contribution in [0.1, 0.15) is 85.1 Å². The highest BCUT2D eigenvalue weighted by molar-refractivity contribution is 5.96. The van der Waals surface area contributed by atoms with E-state index in [1.165, 1.54) is 30.6 Å². The first-order valence-corrected chi connectivity index (χ1v) is 13.1. The molecule has 1 fully saturated rings. The van der Waals surface area contributed by atoms with Crippen molar-refractivity contribution in [2.24, 2.45) is 0 Å². The average Bonchev–Trinajstić information content (AvgIpc) is 2.93. The summed E-state index contributed by atoms with van der Waals surface area (Å²) in [4.78, 5) is 37.8. The highest BCUT2D eigenvalue weighted by atomic mass is 16.5. The molecule has 0 bridgehead atoms. The van der Waals surface area contributed by atoms with Gasteiger partial charge in [-0.05, 0) is 47.6 Å². The summed E-state index contributed by atoms with van der Waals surface area (Å²) in [5.74, 6) is 0.517. The maximum Gasteiger partial charge on any atom is 0.275 e. The van der Waals surface area contributed by atoms with Gasteiger partial charge in [0.2, 0.25) is 5.91 Å². The first-order chi connectivity index (χ1) is 18.0. The Kier molecular flexibility index (Phi) is 8.88. The van der Waals surface area contributed by atoms with Gasteiger partial charge < -0.3 is 15.0 Å². The number of carbonyl (C=O) groups excluding carboxylic acids is 2. The first-order valence-electron chi connectivity index (χ1n) is 13.1. The Labute approximate surface area is 219 Å². The normalized spacial score (nSPS) is 14.7. The molecular weight excluding hydrogens is 464 g/mol. The molecule has 1 aromatic heterocycles. The van der Waals surface area contributed by atoms with E-state index in [9.17, 15) is 9.59 Å². The van der Waals surface area contributed by atoms with Gasteiger partial charge in [0.05, 0.1) is 13.3 Å². The average molecular weight is 501 g/mol. The molecule has 0 unspecified atom stereocenters. The van der Waals surface area contributed by atoms with E-state index in [-0.39, 0.29) is 30.1 Å². The Bertz CT molecular complexity index is 1170. The van der Waals surface area contributed by atoms with E-state index >= 15 is 0 Å². The molecule has 2 aromatic carbocycles. The van der Waals surface area contributed by atoms with Crippen molar-refractivity contribution in [1.29, 1.82) is 0 Å². The van der Waals surface area contributed by atoms with Gasteiger partial charge in [-0.2, -0.15) is 0 Å². The number of methoxy groups -OCH3 is 1. The van der Waals surface area contributed by atoms with Crippen molar-refractivity contribution >= 4 is 11.8 Å². The number of carbonyl (C=O) groups is 2. The quantitative estimate of drug-likeness (QED) is 0.423. The van der Waals surface area contributed by atoms with E-state index in [0.29, 0.717) is 11.7 Å². The van der Waals surface area contributed by atoms with Crippen molar-refractivity contribution in [2.45, 2.75) is 70.5 Å². The lowest BCUT2D eigenvalue weighted by Gasteiger charge is -2.33. The summed E-state index contributed by atoms with van der Waals surface area (Å²) >= 11 is 0. The standard InChI is InChI=1S/C30H36N4O3/c1-21(2)23-12-14-24(15-13-23)28(29(35)33-25-9-5-4-6-10-25)34(30(36)27-19-31-16-17-32-27)20-22-8-7-11-26(18-22)37-3/h7-8,11-19,21,25,28H,4-6,9-10,20H2,1-3H3,(H,33,35)/t28-/m1/s1. The Morgan fingerprint density at radius 2 is 1.76 bits per heavy atom. The number of benzene rings is 2. The molecule has 1 atom stereocenters. The number of hydrogen-bond acceptors (Lipinski definition) is 5. The van der Waals surface area contributed by atoms with Gasteiger partial charge in [0, 0.05) is 25.0 Å². The molecule has 0 saturated heterocycles. The summed E-state index contributed by atoms with van der Waals surface area (Å²) in [6.45, 7) is 4.48. The lowest BCUT2D eigenvalue weighted by Crippen LogP contribution is -2.47. The van der Waals surface area contributed by atoms with Crippen molar-refractivity contribution in [3.05, 3.63) is 89.5 Å². The van der Waals surface area contributed by atoms with Crippen LogP contribution < -0.4 is 10.1 Å². The summed E-state index contributed by atoms with van der Waals surface area (Å²) in [6, 6.07) is 14.8. The largest absolute Gasteiger partial charge is 0.497 e. The molecule has 2 amide bonds. The van der Waals surface area contributed by atoms with Crippen molar-refractivity contribution in [2.75, 3.05) is 7.11 Å². The molecule has 1 aliphatic carbocycles. The summed E-state index contributed by atoms with van der Waals surface area (Å²) in [6.07, 6.45) is 9.78. The Balaban J connectivity index is 1.76. The summed E-state index contributed by atoms with van der Waals surface area (Å²) < 4.78 is 5.41. The highest BCUT2D eigenvalue weighted by Crippen LogP contribution is 2.29. The van der Waals surface area contributed by atoms with Crippen LogP contribution in [-0.4, -0.2) is 39.8 Å². The second-order valence-electron chi connectivity index (χ2n) is 9.94. The van der Waals surface area contributed by atoms with Crippen LogP contribution in [0.4, 0.5) is 0 Å². The minimum Gasteiger partial charge on any atom is -0.497 e. The fraction of sp³-hybridized carbons (Fsp3) is 0.400. The number of nitrogens with one attached hydrogen (secondary N) is 1. The van der Waals surface area contributed by atoms with E-state index in [0.717, 1.165) is 36.8 Å². The fourth-order valence-electron chi connectivity index (χ4n) is 4.87. The van der Waals surface area contributed by atoms with Crippen LogP contribution in [0.2, 0.25) is 0 Å². The zero-order valence-electron chi connectivity index (χ0n) is 21.9. The third-order valence-electron chi connectivity index (χ3n) is 6.96. The lowest BCUT2D eigenvalue weighted by molar-refractivity contribution is -0.127. The Morgan fingerprint density at radius 3 is 2.41 bits per heavy atom. The van der Waals surface area contributed by atoms with Crippen molar-refractivity contribution in [3.8, 4) is 5.75 Å². The van der Waals surface area contributed by atoms with Gasteiger partial charge in [0.25, 0.3) is 5.91 Å². The van der Waals surface area contributed by atoms with Crippen LogP contribution in [0, 0.1) is 0 Å². The lowest BCUT2D eigenvalue weighted by atomic mass is 9.94. The molecule has 1 heterocycles. The monoisotopic (exact) mass is 500 g/mol. The van der Waals surface area contributed by atoms with Gasteiger partial charge in [-0.1, -0.05) is 69.5 Å². The maximum absolute atomic E-state index is 14.0. The number of ether oxygens (including phenoxy) is 1. The van der Waals surface area contributed by atoms with Gasteiger partial charge in [-0.25, -0.2) is 4.98 Å². The number of hydrogen-bond donors (Lipinski definition) is 1. The maximum atomic E-state index is 14.0. The van der Waals surface area contributed by atoms with Gasteiger partial charge in [-0.3, -0.25) is 14.6 Å². The van der Waals surface area contributed by atoms with Crippen LogP contribution in [0.5, 0.6) is 5.75 Å². The zero-order valence-corrected chi connectivity index (χ0v) is 21.9. The molecule has 0 radical (unpaired) electrons. The second kappa shape index (κ2) is 12.5. The molecular formula is C30H36N4O3. The van der Waals surface area contributed by atoms with Crippen LogP contribution >= 0.6 is 0 Å². The van der Waals surface area contributed by atoms with Crippen LogP contribution in [0.15, 0.2) is 67.1 Å². The van der Waals surface area contributed by atoms with Crippen LogP contribution in [0.3, 0.4) is 0 Å². The number of rotatable bonds is 9. The van der Waals surface area contributed by atoms with E-state index in [2.05, 4.69) is 29.1 Å². The molecule has 37 heavy (non-hydrogen) atoms. The van der Waals surface area contributed by atoms with Crippen molar-refractivity contribution < 1.29 is 14.3 Å². The van der Waals surface area contributed by atoms with Crippen LogP contribution in [-0.2, 0) is 11.3 Å². The summed E-state index contributed by atoms with van der Waals surface area (Å²) in [5.41, 5.74) is 2.98. The molecule has 0 spiro atoms. The van der Waals surface area contributed by atoms with Gasteiger partial charge in [0.1, 0.15) is 17.5 Å². The molecule has 194 valence electrons. The predicted octanol–water partition coefficient (Wildman–Crippen LogP) is 5.44. The molecule has 0 aliphatic heterocycles. The third-order valence-corrected chi connectivity index (χ3v) is 6.96. The predicted molar refractivity (Wildman–Crippen MR) is 143 cm³/mol. The molecule has 7 nitrogen and oxygen atoms in total. The van der Waals surface area contributed by atoms with Crippen molar-refractivity contribution in [3.63, 3.8) is 0 Å². The minimum atomic E-state index is -0.830. The molecule has 4 rings (SSSR count). The minimum absolute atomic E-state index is 0.115. The SMILES string of the molecule is COc1cccc(CN(C(=O)c2cnccn2)[C@@H](C(=O)NC2CCCCC2)c2ccc(C(C)C)cc2)c1. The van der Waals surface area contributed by atoms with Crippen molar-refractivity contribution in [1.82, 2.24) is 20.2 Å². The molecule has 3 aromatic rings. The second-order valence-corrected chi connectivity index (χ2v) is 9.94. The van der Waals surface area contributed by atoms with Gasteiger partial charge >= 0.3 is 0 Å². The molecule has 1 saturated carbocycles. The van der Waals surface area contributed by atoms with E-state index in [4.69, 9.17) is 4.74 Å². The highest BCUT2D eigenvalue weighted by Gasteiger charge is 2.34. The number of aromatic nitrogens is 2. The van der Waals surface area contributed by atoms with E-state index < -0.39 is 6.04 Å². The summed E-state index contributed by atoms with van der Waals surface area (Å²) in [5, 5.41) is 3.26. The Hall–Kier alpha value is -3.74. The molecule has 7 heteroatoms. The fourth-order valence-corrected chi connectivity index (χ4v) is 4.87. The summed E-state index contributed by atoms with van der Waals surface area (Å²) in [7, 11) is 1.61. The van der Waals surface area contributed by atoms with Gasteiger partial charge in [0.15, 0.2) is 0 Å². The number of nitrogens with zero attached hydrogens (tertiary/aromatic N) is 3. The molecule has 1 aliphatic rings. The third kappa shape index (κ3) is 6.73.